The molecule has 1 aromatic carbocycles. The third-order valence-electron chi connectivity index (χ3n) is 3.54. The number of thioether (sulfide) groups is 1. The predicted molar refractivity (Wildman–Crippen MR) is 79.7 cm³/mol. The van der Waals surface area contributed by atoms with Gasteiger partial charge >= 0.3 is 0 Å². The van der Waals surface area contributed by atoms with Gasteiger partial charge in [-0.05, 0) is 36.8 Å². The van der Waals surface area contributed by atoms with E-state index in [1.165, 1.54) is 25.0 Å². The standard InChI is InChI=1S/C14H22N2O2S/c1-17-10-6-7-12(18-2)11(9-10)14(16-15)13-5-3-4-8-19-13/h6-7,9,13-14,16H,3-5,8,15H2,1-2H3. The number of methoxy groups -OCH3 is 2. The molecule has 0 aliphatic carbocycles. The first kappa shape index (κ1) is 14.5. The molecule has 0 aromatic heterocycles. The van der Waals surface area contributed by atoms with Gasteiger partial charge in [0.25, 0.3) is 0 Å². The molecular weight excluding hydrogens is 260 g/mol. The van der Waals surface area contributed by atoms with Crippen LogP contribution in [0.3, 0.4) is 0 Å². The molecule has 4 nitrogen and oxygen atoms in total. The summed E-state index contributed by atoms with van der Waals surface area (Å²) in [6, 6.07) is 5.95. The van der Waals surface area contributed by atoms with Crippen LogP contribution >= 0.6 is 11.8 Å². The Morgan fingerprint density at radius 1 is 1.32 bits per heavy atom. The van der Waals surface area contributed by atoms with Gasteiger partial charge in [-0.25, -0.2) is 0 Å². The van der Waals surface area contributed by atoms with Gasteiger partial charge in [0.05, 0.1) is 20.3 Å². The summed E-state index contributed by atoms with van der Waals surface area (Å²) >= 11 is 1.98. The molecule has 2 unspecified atom stereocenters. The minimum Gasteiger partial charge on any atom is -0.497 e. The van der Waals surface area contributed by atoms with Crippen molar-refractivity contribution in [3.63, 3.8) is 0 Å². The van der Waals surface area contributed by atoms with Crippen molar-refractivity contribution in [2.24, 2.45) is 5.84 Å². The highest BCUT2D eigenvalue weighted by Gasteiger charge is 2.27. The van der Waals surface area contributed by atoms with Crippen molar-refractivity contribution in [1.29, 1.82) is 0 Å². The molecule has 2 rings (SSSR count). The summed E-state index contributed by atoms with van der Waals surface area (Å²) in [5, 5.41) is 0.486. The lowest BCUT2D eigenvalue weighted by atomic mass is 9.98. The average molecular weight is 282 g/mol. The lowest BCUT2D eigenvalue weighted by Gasteiger charge is -2.30. The van der Waals surface area contributed by atoms with Crippen molar-refractivity contribution in [1.82, 2.24) is 5.43 Å². The second kappa shape index (κ2) is 7.03. The molecule has 0 radical (unpaired) electrons. The van der Waals surface area contributed by atoms with Crippen LogP contribution in [0.2, 0.25) is 0 Å². The average Bonchev–Trinajstić information content (AvgIpc) is 2.49. The van der Waals surface area contributed by atoms with E-state index in [0.29, 0.717) is 5.25 Å². The predicted octanol–water partition coefficient (Wildman–Crippen LogP) is 2.49. The third kappa shape index (κ3) is 3.35. The quantitative estimate of drug-likeness (QED) is 0.642. The smallest absolute Gasteiger partial charge is 0.123 e. The Labute approximate surface area is 119 Å². The van der Waals surface area contributed by atoms with Crippen molar-refractivity contribution < 1.29 is 9.47 Å². The highest BCUT2D eigenvalue weighted by Crippen LogP contribution is 2.38. The molecule has 1 heterocycles. The van der Waals surface area contributed by atoms with E-state index in [-0.39, 0.29) is 6.04 Å². The molecule has 3 N–H and O–H groups in total. The lowest BCUT2D eigenvalue weighted by Crippen LogP contribution is -2.36. The summed E-state index contributed by atoms with van der Waals surface area (Å²) in [5.74, 6) is 8.68. The molecule has 1 aliphatic heterocycles. The first-order valence-corrected chi connectivity index (χ1v) is 7.64. The number of ether oxygens (including phenoxy) is 2. The van der Waals surface area contributed by atoms with E-state index in [1.807, 2.05) is 30.0 Å². The summed E-state index contributed by atoms with van der Waals surface area (Å²) in [6.45, 7) is 0. The van der Waals surface area contributed by atoms with E-state index >= 15 is 0 Å². The fourth-order valence-electron chi connectivity index (χ4n) is 2.51. The Hall–Kier alpha value is -0.910. The van der Waals surface area contributed by atoms with E-state index < -0.39 is 0 Å². The number of hydrazine groups is 1. The Kier molecular flexibility index (Phi) is 5.36. The van der Waals surface area contributed by atoms with E-state index in [9.17, 15) is 0 Å². The first-order chi connectivity index (χ1) is 9.30. The molecular formula is C14H22N2O2S. The van der Waals surface area contributed by atoms with Crippen LogP contribution in [-0.2, 0) is 0 Å². The Morgan fingerprint density at radius 3 is 2.74 bits per heavy atom. The molecule has 0 amide bonds. The lowest BCUT2D eigenvalue weighted by molar-refractivity contribution is 0.385. The van der Waals surface area contributed by atoms with Crippen LogP contribution in [0, 0.1) is 0 Å². The van der Waals surface area contributed by atoms with Crippen molar-refractivity contribution in [2.75, 3.05) is 20.0 Å². The normalized spacial score (nSPS) is 20.9. The zero-order valence-electron chi connectivity index (χ0n) is 11.5. The van der Waals surface area contributed by atoms with Gasteiger partial charge in [0.1, 0.15) is 11.5 Å². The van der Waals surface area contributed by atoms with Crippen molar-refractivity contribution in [3.8, 4) is 11.5 Å². The SMILES string of the molecule is COc1ccc(OC)c(C(NN)C2CCCCS2)c1. The Balaban J connectivity index is 2.29. The largest absolute Gasteiger partial charge is 0.497 e. The van der Waals surface area contributed by atoms with Crippen LogP contribution in [0.25, 0.3) is 0 Å². The van der Waals surface area contributed by atoms with Crippen LogP contribution < -0.4 is 20.7 Å². The third-order valence-corrected chi connectivity index (χ3v) is 5.00. The molecule has 1 aromatic rings. The Bertz CT molecular complexity index is 408. The summed E-state index contributed by atoms with van der Waals surface area (Å²) in [4.78, 5) is 0. The molecule has 0 bridgehead atoms. The van der Waals surface area contributed by atoms with Gasteiger partial charge in [0, 0.05) is 10.8 Å². The fraction of sp³-hybridized carbons (Fsp3) is 0.571. The van der Waals surface area contributed by atoms with Crippen molar-refractivity contribution in [2.45, 2.75) is 30.6 Å². The monoisotopic (exact) mass is 282 g/mol. The van der Waals surface area contributed by atoms with Gasteiger partial charge in [0.2, 0.25) is 0 Å². The summed E-state index contributed by atoms with van der Waals surface area (Å²) in [5.41, 5.74) is 4.03. The number of hydrogen-bond acceptors (Lipinski definition) is 5. The van der Waals surface area contributed by atoms with Crippen LogP contribution in [0.15, 0.2) is 18.2 Å². The van der Waals surface area contributed by atoms with Gasteiger partial charge in [-0.3, -0.25) is 11.3 Å². The maximum Gasteiger partial charge on any atom is 0.123 e. The van der Waals surface area contributed by atoms with E-state index in [4.69, 9.17) is 15.3 Å². The summed E-state index contributed by atoms with van der Waals surface area (Å²) in [6.07, 6.45) is 3.75. The molecule has 19 heavy (non-hydrogen) atoms. The molecule has 2 atom stereocenters. The highest BCUT2D eigenvalue weighted by atomic mass is 32.2. The second-order valence-corrected chi connectivity index (χ2v) is 6.00. The number of nitrogens with two attached hydrogens (primary N) is 1. The molecule has 0 saturated carbocycles. The zero-order chi connectivity index (χ0) is 13.7. The zero-order valence-corrected chi connectivity index (χ0v) is 12.3. The summed E-state index contributed by atoms with van der Waals surface area (Å²) < 4.78 is 10.8. The minimum atomic E-state index is 0.0929. The second-order valence-electron chi connectivity index (χ2n) is 4.66. The topological polar surface area (TPSA) is 56.5 Å². The fourth-order valence-corrected chi connectivity index (χ4v) is 3.93. The minimum absolute atomic E-state index is 0.0929. The van der Waals surface area contributed by atoms with E-state index in [0.717, 1.165) is 17.1 Å². The van der Waals surface area contributed by atoms with E-state index in [2.05, 4.69) is 5.43 Å². The van der Waals surface area contributed by atoms with Crippen LogP contribution in [0.4, 0.5) is 0 Å². The molecule has 1 fully saturated rings. The van der Waals surface area contributed by atoms with Gasteiger partial charge in [0.15, 0.2) is 0 Å². The molecule has 1 aliphatic rings. The number of hydrogen-bond donors (Lipinski definition) is 2. The van der Waals surface area contributed by atoms with Gasteiger partial charge in [-0.1, -0.05) is 6.42 Å². The Morgan fingerprint density at radius 2 is 2.16 bits per heavy atom. The van der Waals surface area contributed by atoms with Crippen LogP contribution in [0.5, 0.6) is 11.5 Å². The van der Waals surface area contributed by atoms with Crippen molar-refractivity contribution in [3.05, 3.63) is 23.8 Å². The van der Waals surface area contributed by atoms with E-state index in [1.54, 1.807) is 14.2 Å². The maximum atomic E-state index is 5.79. The maximum absolute atomic E-state index is 5.79. The highest BCUT2D eigenvalue weighted by molar-refractivity contribution is 8.00. The molecule has 5 heteroatoms. The van der Waals surface area contributed by atoms with Gasteiger partial charge < -0.3 is 9.47 Å². The molecule has 1 saturated heterocycles. The number of rotatable bonds is 5. The first-order valence-electron chi connectivity index (χ1n) is 6.59. The van der Waals surface area contributed by atoms with Gasteiger partial charge in [-0.2, -0.15) is 11.8 Å². The summed E-state index contributed by atoms with van der Waals surface area (Å²) in [7, 11) is 3.36. The van der Waals surface area contributed by atoms with Crippen molar-refractivity contribution >= 4 is 11.8 Å². The van der Waals surface area contributed by atoms with Gasteiger partial charge in [-0.15, -0.1) is 0 Å². The number of benzene rings is 1. The molecule has 106 valence electrons. The van der Waals surface area contributed by atoms with Crippen LogP contribution in [0.1, 0.15) is 30.9 Å². The number of nitrogens with one attached hydrogen (secondary N) is 1. The van der Waals surface area contributed by atoms with Crippen LogP contribution in [-0.4, -0.2) is 25.2 Å². The molecule has 0 spiro atoms.